The Kier molecular flexibility index (Phi) is 25.0. The molecule has 24 nitrogen and oxygen atoms in total. The van der Waals surface area contributed by atoms with Crippen LogP contribution in [-0.4, -0.2) is 95.3 Å². The van der Waals surface area contributed by atoms with E-state index in [9.17, 15) is 124 Å². The summed E-state index contributed by atoms with van der Waals surface area (Å²) in [4.78, 5) is 46.9. The normalized spacial score (nSPS) is 14.2. The summed E-state index contributed by atoms with van der Waals surface area (Å²) >= 11 is 1.95. The maximum atomic E-state index is 13.9. The molecule has 4 N–H and O–H groups in total. The quantitative estimate of drug-likeness (QED) is 0.0230. The second-order valence-corrected chi connectivity index (χ2v) is 31.7. The van der Waals surface area contributed by atoms with Crippen LogP contribution in [0.3, 0.4) is 0 Å². The average Bonchev–Trinajstić information content (AvgIpc) is 1.69. The number of Topliss-reactive ketones (excluding diaryl/α,β-unsaturated/α-hetero) is 1. The van der Waals surface area contributed by atoms with Crippen LogP contribution in [0.1, 0.15) is 77.4 Å². The number of alkyl halides is 18. The first-order valence-electron chi connectivity index (χ1n) is 33.1. The number of rotatable bonds is 16. The minimum atomic E-state index is -5.02. The molecule has 9 aromatic rings. The van der Waals surface area contributed by atoms with Gasteiger partial charge in [-0.3, -0.25) is 17.7 Å². The van der Waals surface area contributed by atoms with Crippen molar-refractivity contribution < 1.29 is 147 Å². The summed E-state index contributed by atoms with van der Waals surface area (Å²) in [5.41, 5.74) is -6.35. The zero-order valence-electron chi connectivity index (χ0n) is 59.5. The molecule has 0 spiro atoms. The van der Waals surface area contributed by atoms with Crippen LogP contribution in [0.25, 0.3) is 0 Å². The van der Waals surface area contributed by atoms with Crippen LogP contribution in [0.4, 0.5) is 131 Å². The number of aliphatic hydroxyl groups is 1. The number of nitrogens with zero attached hydrogens (tertiary/aromatic N) is 6. The van der Waals surface area contributed by atoms with Crippen molar-refractivity contribution in [1.82, 2.24) is 15.0 Å². The third-order valence-corrected chi connectivity index (χ3v) is 22.8. The van der Waals surface area contributed by atoms with Gasteiger partial charge in [-0.1, -0.05) is 38.1 Å². The molecule has 12 rings (SSSR count). The fourth-order valence-corrected chi connectivity index (χ4v) is 16.2. The fraction of sp³-hybridized carbons (Fsp3) is 0.239. The van der Waals surface area contributed by atoms with E-state index in [1.807, 2.05) is 22.6 Å². The summed E-state index contributed by atoms with van der Waals surface area (Å²) in [6, 6.07) is 27.1. The maximum Gasteiger partial charge on any atom is 0.573 e. The molecule has 6 aromatic carbocycles. The third kappa shape index (κ3) is 20.3. The van der Waals surface area contributed by atoms with E-state index in [0.717, 1.165) is 122 Å². The molecular formula is C71H54F18IN9O15S3. The Bertz CT molecular complexity index is 5640. The van der Waals surface area contributed by atoms with Crippen LogP contribution < -0.4 is 43.1 Å². The van der Waals surface area contributed by atoms with Crippen LogP contribution >= 0.6 is 22.6 Å². The number of pyridine rings is 3. The monoisotopic (exact) mass is 1840 g/mol. The van der Waals surface area contributed by atoms with Gasteiger partial charge in [-0.2, -0.15) is 39.5 Å². The number of sulfonamides is 3. The lowest BCUT2D eigenvalue weighted by Crippen LogP contribution is -2.42. The van der Waals surface area contributed by atoms with E-state index in [2.05, 4.69) is 49.8 Å². The first-order chi connectivity index (χ1) is 54.2. The number of nitrogens with one attached hydrogen (secondary N) is 3. The average molecular weight is 1840 g/mol. The summed E-state index contributed by atoms with van der Waals surface area (Å²) in [6.07, 6.45) is -29.3. The van der Waals surface area contributed by atoms with Crippen molar-refractivity contribution in [3.05, 3.63) is 212 Å². The number of anilines is 9. The number of carbonyl (C=O) groups excluding carboxylic acids is 3. The van der Waals surface area contributed by atoms with Crippen molar-refractivity contribution in [2.75, 3.05) is 42.1 Å². The smallest absolute Gasteiger partial charge is 0.464 e. The van der Waals surface area contributed by atoms with E-state index in [0.29, 0.717) is 15.7 Å². The van der Waals surface area contributed by atoms with Gasteiger partial charge in [-0.25, -0.2) is 49.8 Å². The summed E-state index contributed by atoms with van der Waals surface area (Å²) in [6.45, 7) is 4.31. The Balaban J connectivity index is 0.000000186. The van der Waals surface area contributed by atoms with Crippen LogP contribution in [0.15, 0.2) is 178 Å². The largest absolute Gasteiger partial charge is 0.573 e. The van der Waals surface area contributed by atoms with Gasteiger partial charge in [0.2, 0.25) is 0 Å². The highest BCUT2D eigenvalue weighted by molar-refractivity contribution is 14.1. The lowest BCUT2D eigenvalue weighted by Gasteiger charge is -2.32. The molecule has 0 saturated carbocycles. The Morgan fingerprint density at radius 1 is 0.436 bits per heavy atom. The van der Waals surface area contributed by atoms with Crippen molar-refractivity contribution in [2.24, 2.45) is 5.92 Å². The number of aromatic nitrogens is 3. The second kappa shape index (κ2) is 33.1. The molecule has 0 radical (unpaired) electrons. The van der Waals surface area contributed by atoms with Gasteiger partial charge in [0.05, 0.1) is 81.7 Å². The molecule has 0 fully saturated rings. The minimum Gasteiger partial charge on any atom is -0.464 e. The van der Waals surface area contributed by atoms with Crippen molar-refractivity contribution in [3.8, 4) is 17.2 Å². The van der Waals surface area contributed by atoms with E-state index < -0.39 is 154 Å². The predicted molar refractivity (Wildman–Crippen MR) is 385 cm³/mol. The van der Waals surface area contributed by atoms with Crippen LogP contribution in [0.5, 0.6) is 17.2 Å². The molecule has 0 bridgehead atoms. The van der Waals surface area contributed by atoms with Gasteiger partial charge in [0.25, 0.3) is 35.9 Å². The summed E-state index contributed by atoms with van der Waals surface area (Å²) in [5.74, 6) is -6.90. The third-order valence-electron chi connectivity index (χ3n) is 16.8. The minimum absolute atomic E-state index is 0.00284. The van der Waals surface area contributed by atoms with Crippen LogP contribution in [0.2, 0.25) is 0 Å². The van der Waals surface area contributed by atoms with Crippen molar-refractivity contribution in [1.29, 1.82) is 0 Å². The van der Waals surface area contributed by atoms with Gasteiger partial charge in [0.15, 0.2) is 5.60 Å². The van der Waals surface area contributed by atoms with Gasteiger partial charge in [-0.15, -0.1) is 39.5 Å². The highest BCUT2D eigenvalue weighted by Gasteiger charge is 2.46. The molecule has 46 heteroatoms. The Morgan fingerprint density at radius 3 is 1.07 bits per heavy atom. The molecule has 0 saturated heterocycles. The van der Waals surface area contributed by atoms with Crippen molar-refractivity contribution in [2.45, 2.75) is 105 Å². The van der Waals surface area contributed by atoms with E-state index >= 15 is 0 Å². The number of benzene rings is 6. The Morgan fingerprint density at radius 2 is 0.752 bits per heavy atom. The zero-order chi connectivity index (χ0) is 86.3. The first kappa shape index (κ1) is 88.2. The molecule has 624 valence electrons. The van der Waals surface area contributed by atoms with Crippen LogP contribution in [0, 0.1) is 9.49 Å². The Hall–Kier alpha value is -11.1. The SMILES string of the molecule is CCOC(=O)C(=O)c1ccc2c(c1)N(S(=O)(=O)c1ccc(OC(F)(F)F)cc1)Cc1ccc(C(F)(F)F)nc1N2.CCOC(=O)C(O)(c1ccc2c(c1)N(S(=O)(=O)c1ccc(OC(F)(F)F)cc1)Cc1ccc(C(F)(F)F)nc1N2)C(C)C.O=S(=O)(c1ccc(OC(F)(F)F)cc1)N1Cc2ccc(C(F)(F)F)nc2Nc2ccc(I)cc21. The van der Waals surface area contributed by atoms with E-state index in [4.69, 9.17) is 4.74 Å². The van der Waals surface area contributed by atoms with Gasteiger partial charge < -0.3 is 44.7 Å². The standard InChI is InChI=1S/C27H25F6N3O6S.C24H17F6N3O6S.C20H12F6IN3O3S/c1-4-41-24(37)25(38,15(2)3)17-6-11-20-21(13-17)36(14-16-5-12-22(26(28,29)30)35-23(16)34-20)43(39,40)19-9-7-18(8-10-19)42-27(31,32)33;1-2-38-22(35)20(34)13-3-9-17-18(11-13)33(12-14-4-10-19(23(25,26)27)32-21(14)31-17)40(36,37)16-7-5-15(6-8-16)39-24(28,29)30;21-19(22,23)17-8-1-11-10-30(16-9-12(27)2-7-15(16)28-18(11)29-17)34(31,32)14-5-3-13(4-6-14)33-20(24,25)26/h5-13,15,38H,4,14H2,1-3H3,(H,34,35);3-11H,2,12H2,1H3,(H,31,32);1-9H,10H2,(H,28,29). The summed E-state index contributed by atoms with van der Waals surface area (Å²) in [7, 11) is -13.6. The summed E-state index contributed by atoms with van der Waals surface area (Å²) < 4.78 is 339. The lowest BCUT2D eigenvalue weighted by atomic mass is 9.83. The second-order valence-electron chi connectivity index (χ2n) is 24.9. The molecule has 117 heavy (non-hydrogen) atoms. The van der Waals surface area contributed by atoms with Crippen molar-refractivity contribution in [3.63, 3.8) is 0 Å². The number of ether oxygens (including phenoxy) is 5. The highest BCUT2D eigenvalue weighted by atomic mass is 127. The molecule has 0 aliphatic carbocycles. The Labute approximate surface area is 663 Å². The lowest BCUT2D eigenvalue weighted by molar-refractivity contribution is -0.275. The molecule has 1 unspecified atom stereocenters. The number of hydrogen-bond acceptors (Lipinski definition) is 21. The number of halogens is 19. The number of carbonyl (C=O) groups is 3. The number of esters is 2. The predicted octanol–water partition coefficient (Wildman–Crippen LogP) is 17.1. The zero-order valence-corrected chi connectivity index (χ0v) is 64.1. The molecule has 0 amide bonds. The number of hydrogen-bond donors (Lipinski definition) is 4. The van der Waals surface area contributed by atoms with Crippen molar-refractivity contribution >= 4 is 122 Å². The molecule has 3 aromatic heterocycles. The first-order valence-corrected chi connectivity index (χ1v) is 38.5. The summed E-state index contributed by atoms with van der Waals surface area (Å²) in [5, 5.41) is 19.6. The molecule has 3 aliphatic rings. The topological polar surface area (TPSA) is 304 Å². The molecular weight excluding hydrogens is 1780 g/mol. The van der Waals surface area contributed by atoms with E-state index in [-0.39, 0.29) is 104 Å². The van der Waals surface area contributed by atoms with Gasteiger partial charge in [0.1, 0.15) is 51.8 Å². The number of ketones is 1. The van der Waals surface area contributed by atoms with Gasteiger partial charge >= 0.3 is 49.6 Å². The number of fused-ring (bicyclic) bond motifs is 6. The highest BCUT2D eigenvalue weighted by Crippen LogP contribution is 2.47. The van der Waals surface area contributed by atoms with E-state index in [1.165, 1.54) is 64.1 Å². The van der Waals surface area contributed by atoms with Gasteiger partial charge in [0, 0.05) is 25.8 Å². The fourth-order valence-electron chi connectivity index (χ4n) is 11.3. The molecule has 3 aliphatic heterocycles. The molecule has 6 heterocycles. The molecule has 1 atom stereocenters. The van der Waals surface area contributed by atoms with Crippen LogP contribution in [-0.2, 0) is 92.9 Å². The van der Waals surface area contributed by atoms with Gasteiger partial charge in [-0.05, 0) is 187 Å². The van der Waals surface area contributed by atoms with E-state index in [1.54, 1.807) is 6.07 Å². The maximum absolute atomic E-state index is 13.9.